The Balaban J connectivity index is 1.57. The number of aromatic nitrogens is 2. The molecule has 0 aliphatic rings. The van der Waals surface area contributed by atoms with Gasteiger partial charge in [0.25, 0.3) is 5.91 Å². The van der Waals surface area contributed by atoms with Crippen LogP contribution in [0.1, 0.15) is 16.8 Å². The molecule has 0 aliphatic carbocycles. The van der Waals surface area contributed by atoms with Gasteiger partial charge in [-0.25, -0.2) is 4.79 Å². The van der Waals surface area contributed by atoms with Crippen LogP contribution < -0.4 is 15.7 Å². The normalized spacial score (nSPS) is 10.7. The zero-order chi connectivity index (χ0) is 16.9. The van der Waals surface area contributed by atoms with Crippen molar-refractivity contribution in [2.75, 3.05) is 13.7 Å². The average Bonchev–Trinajstić information content (AvgIpc) is 2.94. The Morgan fingerprint density at radius 2 is 2.04 bits per heavy atom. The van der Waals surface area contributed by atoms with E-state index >= 15 is 0 Å². The van der Waals surface area contributed by atoms with Gasteiger partial charge in [-0.1, -0.05) is 18.2 Å². The number of carbonyl (C=O) groups is 1. The molecule has 24 heavy (non-hydrogen) atoms. The van der Waals surface area contributed by atoms with Crippen molar-refractivity contribution in [3.8, 4) is 5.75 Å². The number of nitrogens with one attached hydrogen (secondary N) is 2. The maximum Gasteiger partial charge on any atom is 0.326 e. The molecule has 0 bridgehead atoms. The summed E-state index contributed by atoms with van der Waals surface area (Å²) in [5, 5.41) is 2.86. The topological polar surface area (TPSA) is 76.1 Å². The van der Waals surface area contributed by atoms with Crippen LogP contribution in [0.4, 0.5) is 0 Å². The van der Waals surface area contributed by atoms with Crippen LogP contribution >= 0.6 is 0 Å². The van der Waals surface area contributed by atoms with Gasteiger partial charge in [-0.15, -0.1) is 0 Å². The minimum atomic E-state index is -0.153. The molecule has 3 aromatic rings. The zero-order valence-electron chi connectivity index (χ0n) is 13.4. The summed E-state index contributed by atoms with van der Waals surface area (Å²) in [6.45, 7) is 1.03. The van der Waals surface area contributed by atoms with Gasteiger partial charge in [-0.05, 0) is 36.8 Å². The van der Waals surface area contributed by atoms with Gasteiger partial charge in [0.15, 0.2) is 0 Å². The second-order valence-corrected chi connectivity index (χ2v) is 5.44. The van der Waals surface area contributed by atoms with Gasteiger partial charge in [0.1, 0.15) is 5.75 Å². The van der Waals surface area contributed by atoms with Crippen LogP contribution in [0, 0.1) is 0 Å². The molecular weight excluding hydrogens is 306 g/mol. The predicted octanol–water partition coefficient (Wildman–Crippen LogP) is 2.16. The van der Waals surface area contributed by atoms with Gasteiger partial charge in [0.2, 0.25) is 0 Å². The highest BCUT2D eigenvalue weighted by Gasteiger charge is 2.07. The quantitative estimate of drug-likeness (QED) is 0.682. The molecule has 2 N–H and O–H groups in total. The summed E-state index contributed by atoms with van der Waals surface area (Å²) in [6.07, 6.45) is 0.664. The van der Waals surface area contributed by atoms with Gasteiger partial charge in [0, 0.05) is 18.7 Å². The number of amides is 1. The number of fused-ring (bicyclic) bond motifs is 1. The third-order valence-electron chi connectivity index (χ3n) is 3.86. The Labute approximate surface area is 139 Å². The summed E-state index contributed by atoms with van der Waals surface area (Å²) in [7, 11) is 1.57. The lowest BCUT2D eigenvalue weighted by molar-refractivity contribution is 0.0952. The second-order valence-electron chi connectivity index (χ2n) is 5.44. The van der Waals surface area contributed by atoms with Crippen molar-refractivity contribution in [3.05, 3.63) is 64.6 Å². The van der Waals surface area contributed by atoms with E-state index in [1.807, 2.05) is 24.3 Å². The number of carbonyl (C=O) groups excluding carboxylic acids is 1. The zero-order valence-corrected chi connectivity index (χ0v) is 13.4. The second kappa shape index (κ2) is 7.04. The van der Waals surface area contributed by atoms with E-state index in [4.69, 9.17) is 4.74 Å². The van der Waals surface area contributed by atoms with Crippen molar-refractivity contribution in [2.45, 2.75) is 13.0 Å². The van der Waals surface area contributed by atoms with Crippen LogP contribution in [0.25, 0.3) is 11.0 Å². The highest BCUT2D eigenvalue weighted by molar-refractivity contribution is 5.94. The molecule has 3 rings (SSSR count). The molecule has 6 nitrogen and oxygen atoms in total. The van der Waals surface area contributed by atoms with E-state index in [-0.39, 0.29) is 11.6 Å². The molecule has 0 radical (unpaired) electrons. The van der Waals surface area contributed by atoms with Crippen molar-refractivity contribution in [3.63, 3.8) is 0 Å². The van der Waals surface area contributed by atoms with Gasteiger partial charge >= 0.3 is 5.69 Å². The Morgan fingerprint density at radius 1 is 1.21 bits per heavy atom. The summed E-state index contributed by atoms with van der Waals surface area (Å²) in [5.41, 5.74) is 2.12. The first kappa shape index (κ1) is 15.9. The number of methoxy groups -OCH3 is 1. The van der Waals surface area contributed by atoms with Gasteiger partial charge in [-0.3, -0.25) is 9.36 Å². The maximum absolute atomic E-state index is 12.1. The molecule has 0 spiro atoms. The number of nitrogens with zero attached hydrogens (tertiary/aromatic N) is 1. The first-order chi connectivity index (χ1) is 11.7. The van der Waals surface area contributed by atoms with E-state index in [0.29, 0.717) is 30.8 Å². The number of H-pyrrole nitrogens is 1. The van der Waals surface area contributed by atoms with Crippen molar-refractivity contribution in [1.29, 1.82) is 0 Å². The number of benzene rings is 2. The molecule has 0 fully saturated rings. The Bertz CT molecular complexity index is 911. The number of rotatable bonds is 6. The number of hydrogen-bond acceptors (Lipinski definition) is 3. The molecule has 2 aromatic carbocycles. The smallest absolute Gasteiger partial charge is 0.326 e. The molecule has 1 heterocycles. The number of imidazole rings is 1. The summed E-state index contributed by atoms with van der Waals surface area (Å²) >= 11 is 0. The highest BCUT2D eigenvalue weighted by Crippen LogP contribution is 2.12. The van der Waals surface area contributed by atoms with Crippen LogP contribution in [0.15, 0.2) is 53.3 Å². The summed E-state index contributed by atoms with van der Waals surface area (Å²) in [5.74, 6) is 0.494. The molecule has 0 atom stereocenters. The van der Waals surface area contributed by atoms with E-state index in [2.05, 4.69) is 10.3 Å². The minimum Gasteiger partial charge on any atom is -0.497 e. The van der Waals surface area contributed by atoms with E-state index in [0.717, 1.165) is 11.0 Å². The van der Waals surface area contributed by atoms with Crippen molar-refractivity contribution in [2.24, 2.45) is 0 Å². The third kappa shape index (κ3) is 3.32. The molecule has 124 valence electrons. The van der Waals surface area contributed by atoms with Crippen LogP contribution in [-0.2, 0) is 6.54 Å². The molecular formula is C18H19N3O3. The standard InChI is InChI=1S/C18H19N3O3/c1-24-14-7-4-6-13(12-14)17(22)19-10-5-11-21-16-9-3-2-8-15(16)20-18(21)23/h2-4,6-9,12H,5,10-11H2,1H3,(H,19,22)(H,20,23). The van der Waals surface area contributed by atoms with E-state index < -0.39 is 0 Å². The first-order valence-corrected chi connectivity index (χ1v) is 7.79. The predicted molar refractivity (Wildman–Crippen MR) is 92.5 cm³/mol. The maximum atomic E-state index is 12.1. The minimum absolute atomic E-state index is 0.129. The monoisotopic (exact) mass is 325 g/mol. The Hall–Kier alpha value is -3.02. The summed E-state index contributed by atoms with van der Waals surface area (Å²) in [4.78, 5) is 26.9. The molecule has 0 aliphatic heterocycles. The highest BCUT2D eigenvalue weighted by atomic mass is 16.5. The van der Waals surface area contributed by atoms with Gasteiger partial charge < -0.3 is 15.0 Å². The molecule has 0 saturated heterocycles. The molecule has 6 heteroatoms. The third-order valence-corrected chi connectivity index (χ3v) is 3.86. The van der Waals surface area contributed by atoms with Crippen molar-refractivity contribution in [1.82, 2.24) is 14.9 Å². The largest absolute Gasteiger partial charge is 0.497 e. The lowest BCUT2D eigenvalue weighted by Gasteiger charge is -2.07. The fourth-order valence-corrected chi connectivity index (χ4v) is 2.63. The Kier molecular flexibility index (Phi) is 4.65. The fourth-order valence-electron chi connectivity index (χ4n) is 2.63. The molecule has 0 unspecified atom stereocenters. The van der Waals surface area contributed by atoms with Crippen LogP contribution in [-0.4, -0.2) is 29.1 Å². The first-order valence-electron chi connectivity index (χ1n) is 7.79. The fraction of sp³-hybridized carbons (Fsp3) is 0.222. The van der Waals surface area contributed by atoms with E-state index in [1.54, 1.807) is 35.9 Å². The van der Waals surface area contributed by atoms with Crippen LogP contribution in [0.5, 0.6) is 5.75 Å². The number of ether oxygens (including phenoxy) is 1. The number of hydrogen-bond donors (Lipinski definition) is 2. The van der Waals surface area contributed by atoms with Gasteiger partial charge in [0.05, 0.1) is 18.1 Å². The number of para-hydroxylation sites is 2. The lowest BCUT2D eigenvalue weighted by Crippen LogP contribution is -2.26. The van der Waals surface area contributed by atoms with E-state index in [9.17, 15) is 9.59 Å². The average molecular weight is 325 g/mol. The Morgan fingerprint density at radius 3 is 2.88 bits per heavy atom. The summed E-state index contributed by atoms with van der Waals surface area (Å²) < 4.78 is 6.80. The van der Waals surface area contributed by atoms with Gasteiger partial charge in [-0.2, -0.15) is 0 Å². The SMILES string of the molecule is COc1cccc(C(=O)NCCCn2c(=O)[nH]c3ccccc32)c1. The summed E-state index contributed by atoms with van der Waals surface area (Å²) in [6, 6.07) is 14.6. The molecule has 1 aromatic heterocycles. The van der Waals surface area contributed by atoms with Crippen molar-refractivity contribution < 1.29 is 9.53 Å². The number of aryl methyl sites for hydroxylation is 1. The van der Waals surface area contributed by atoms with E-state index in [1.165, 1.54) is 0 Å². The molecule has 0 saturated carbocycles. The number of aromatic amines is 1. The van der Waals surface area contributed by atoms with Crippen LogP contribution in [0.2, 0.25) is 0 Å². The lowest BCUT2D eigenvalue weighted by atomic mass is 10.2. The van der Waals surface area contributed by atoms with Crippen LogP contribution in [0.3, 0.4) is 0 Å². The molecule has 1 amide bonds. The van der Waals surface area contributed by atoms with Crippen molar-refractivity contribution >= 4 is 16.9 Å².